The number of aromatic nitrogens is 1. The molecule has 1 saturated heterocycles. The van der Waals surface area contributed by atoms with Crippen molar-refractivity contribution in [1.82, 2.24) is 9.47 Å². The topological polar surface area (TPSA) is 8.17 Å². The molecule has 1 aromatic heterocycles. The first-order valence-electron chi connectivity index (χ1n) is 7.62. The second kappa shape index (κ2) is 5.79. The summed E-state index contributed by atoms with van der Waals surface area (Å²) in [6.45, 7) is 7.32. The largest absolute Gasteiger partial charge is 0.345 e. The van der Waals surface area contributed by atoms with Crippen molar-refractivity contribution in [2.45, 2.75) is 39.2 Å². The summed E-state index contributed by atoms with van der Waals surface area (Å²) in [5.41, 5.74) is 2.78. The zero-order valence-corrected chi connectivity index (χ0v) is 11.9. The lowest BCUT2D eigenvalue weighted by molar-refractivity contribution is 0.327. The smallest absolute Gasteiger partial charge is 0.0482 e. The van der Waals surface area contributed by atoms with Gasteiger partial charge in [0.15, 0.2) is 0 Å². The van der Waals surface area contributed by atoms with Gasteiger partial charge in [-0.2, -0.15) is 0 Å². The molecular weight excluding hydrogens is 232 g/mol. The molecule has 0 spiro atoms. The highest BCUT2D eigenvalue weighted by atomic mass is 15.1. The van der Waals surface area contributed by atoms with Crippen LogP contribution < -0.4 is 0 Å². The Morgan fingerprint density at radius 2 is 1.74 bits per heavy atom. The predicted octanol–water partition coefficient (Wildman–Crippen LogP) is 3.83. The summed E-state index contributed by atoms with van der Waals surface area (Å²) in [6.07, 6.45) is 5.42. The van der Waals surface area contributed by atoms with E-state index in [-0.39, 0.29) is 0 Å². The Labute approximate surface area is 116 Å². The number of rotatable bonds is 5. The van der Waals surface area contributed by atoms with Gasteiger partial charge >= 0.3 is 0 Å². The van der Waals surface area contributed by atoms with Crippen molar-refractivity contribution in [1.29, 1.82) is 0 Å². The van der Waals surface area contributed by atoms with Gasteiger partial charge in [-0.1, -0.05) is 18.2 Å². The number of fused-ring (bicyclic) bond motifs is 1. The summed E-state index contributed by atoms with van der Waals surface area (Å²) in [5.74, 6) is 0. The van der Waals surface area contributed by atoms with Crippen molar-refractivity contribution in [2.75, 3.05) is 19.6 Å². The maximum Gasteiger partial charge on any atom is 0.0482 e. The second-order valence-electron chi connectivity index (χ2n) is 5.75. The Morgan fingerprint density at radius 3 is 2.58 bits per heavy atom. The number of benzene rings is 1. The normalized spacial score (nSPS) is 16.5. The lowest BCUT2D eigenvalue weighted by atomic mass is 10.2. The minimum absolute atomic E-state index is 1.16. The van der Waals surface area contributed by atoms with Gasteiger partial charge in [0.05, 0.1) is 0 Å². The lowest BCUT2D eigenvalue weighted by Gasteiger charge is -2.14. The Balaban J connectivity index is 1.57. The van der Waals surface area contributed by atoms with Crippen molar-refractivity contribution >= 4 is 10.9 Å². The Bertz CT molecular complexity index is 535. The van der Waals surface area contributed by atoms with Gasteiger partial charge in [0.1, 0.15) is 0 Å². The Kier molecular flexibility index (Phi) is 3.88. The molecule has 0 saturated carbocycles. The van der Waals surface area contributed by atoms with E-state index in [0.717, 1.165) is 6.54 Å². The number of hydrogen-bond donors (Lipinski definition) is 0. The number of aryl methyl sites for hydroxylation is 2. The fourth-order valence-electron chi connectivity index (χ4n) is 3.26. The highest BCUT2D eigenvalue weighted by molar-refractivity contribution is 5.81. The summed E-state index contributed by atoms with van der Waals surface area (Å²) >= 11 is 0. The zero-order chi connectivity index (χ0) is 13.1. The van der Waals surface area contributed by atoms with E-state index in [0.29, 0.717) is 0 Å². The third kappa shape index (κ3) is 2.84. The highest BCUT2D eigenvalue weighted by Crippen LogP contribution is 2.20. The van der Waals surface area contributed by atoms with Crippen LogP contribution >= 0.6 is 0 Å². The van der Waals surface area contributed by atoms with Crippen LogP contribution in [-0.4, -0.2) is 29.1 Å². The highest BCUT2D eigenvalue weighted by Gasteiger charge is 2.10. The molecule has 2 aromatic rings. The molecule has 0 amide bonds. The first-order chi connectivity index (χ1) is 9.34. The molecule has 3 rings (SSSR count). The molecule has 19 heavy (non-hydrogen) atoms. The quantitative estimate of drug-likeness (QED) is 0.738. The molecule has 2 heteroatoms. The molecule has 0 unspecified atom stereocenters. The zero-order valence-electron chi connectivity index (χ0n) is 11.9. The standard InChI is InChI=1S/C17H24N2/c1-15-14-16-8-2-3-9-17(16)19(15)13-7-6-12-18-10-4-5-11-18/h2-3,8-9,14H,4-7,10-13H2,1H3. The molecule has 2 nitrogen and oxygen atoms in total. The number of nitrogens with zero attached hydrogens (tertiary/aromatic N) is 2. The molecule has 102 valence electrons. The van der Waals surface area contributed by atoms with E-state index in [1.54, 1.807) is 0 Å². The molecule has 1 aliphatic rings. The molecule has 0 bridgehead atoms. The molecule has 0 atom stereocenters. The van der Waals surface area contributed by atoms with Gasteiger partial charge < -0.3 is 9.47 Å². The van der Waals surface area contributed by atoms with E-state index in [1.165, 1.54) is 61.9 Å². The van der Waals surface area contributed by atoms with E-state index in [4.69, 9.17) is 0 Å². The van der Waals surface area contributed by atoms with Gasteiger partial charge in [0.2, 0.25) is 0 Å². The fraction of sp³-hybridized carbons (Fsp3) is 0.529. The molecule has 1 fully saturated rings. The number of para-hydroxylation sites is 1. The molecule has 1 aliphatic heterocycles. The summed E-state index contributed by atoms with van der Waals surface area (Å²) in [5, 5.41) is 1.37. The van der Waals surface area contributed by atoms with Crippen molar-refractivity contribution in [3.05, 3.63) is 36.0 Å². The van der Waals surface area contributed by atoms with Crippen LogP contribution in [-0.2, 0) is 6.54 Å². The summed E-state index contributed by atoms with van der Waals surface area (Å²) < 4.78 is 2.47. The van der Waals surface area contributed by atoms with Crippen LogP contribution in [0.4, 0.5) is 0 Å². The lowest BCUT2D eigenvalue weighted by Crippen LogP contribution is -2.20. The van der Waals surface area contributed by atoms with E-state index in [2.05, 4.69) is 46.7 Å². The SMILES string of the molecule is Cc1cc2ccccc2n1CCCCN1CCCC1. The average Bonchev–Trinajstić information content (AvgIpc) is 3.02. The van der Waals surface area contributed by atoms with Crippen molar-refractivity contribution in [3.63, 3.8) is 0 Å². The molecule has 2 heterocycles. The van der Waals surface area contributed by atoms with Gasteiger partial charge in [-0.15, -0.1) is 0 Å². The number of unbranched alkanes of at least 4 members (excludes halogenated alkanes) is 1. The van der Waals surface area contributed by atoms with Crippen LogP contribution in [0.3, 0.4) is 0 Å². The maximum atomic E-state index is 2.61. The van der Waals surface area contributed by atoms with Crippen LogP contribution in [0, 0.1) is 6.92 Å². The van der Waals surface area contributed by atoms with E-state index in [9.17, 15) is 0 Å². The Morgan fingerprint density at radius 1 is 1.00 bits per heavy atom. The molecule has 0 aliphatic carbocycles. The molecule has 1 aromatic carbocycles. The Hall–Kier alpha value is -1.28. The van der Waals surface area contributed by atoms with Crippen LogP contribution in [0.15, 0.2) is 30.3 Å². The van der Waals surface area contributed by atoms with Crippen molar-refractivity contribution < 1.29 is 0 Å². The van der Waals surface area contributed by atoms with Gasteiger partial charge in [0, 0.05) is 17.8 Å². The van der Waals surface area contributed by atoms with Gasteiger partial charge in [0.25, 0.3) is 0 Å². The third-order valence-corrected chi connectivity index (χ3v) is 4.32. The predicted molar refractivity (Wildman–Crippen MR) is 81.6 cm³/mol. The van der Waals surface area contributed by atoms with Crippen molar-refractivity contribution in [2.24, 2.45) is 0 Å². The first kappa shape index (κ1) is 12.7. The van der Waals surface area contributed by atoms with Crippen LogP contribution in [0.25, 0.3) is 10.9 Å². The number of hydrogen-bond acceptors (Lipinski definition) is 1. The summed E-state index contributed by atoms with van der Waals surface area (Å²) in [6, 6.07) is 11.0. The minimum Gasteiger partial charge on any atom is -0.345 e. The van der Waals surface area contributed by atoms with Crippen LogP contribution in [0.1, 0.15) is 31.4 Å². The van der Waals surface area contributed by atoms with Crippen molar-refractivity contribution in [3.8, 4) is 0 Å². The summed E-state index contributed by atoms with van der Waals surface area (Å²) in [4.78, 5) is 2.61. The van der Waals surface area contributed by atoms with E-state index < -0.39 is 0 Å². The molecule has 0 N–H and O–H groups in total. The third-order valence-electron chi connectivity index (χ3n) is 4.32. The van der Waals surface area contributed by atoms with Gasteiger partial charge in [-0.25, -0.2) is 0 Å². The first-order valence-corrected chi connectivity index (χ1v) is 7.62. The molecular formula is C17H24N2. The molecule has 0 radical (unpaired) electrons. The maximum absolute atomic E-state index is 2.61. The van der Waals surface area contributed by atoms with E-state index >= 15 is 0 Å². The second-order valence-corrected chi connectivity index (χ2v) is 5.75. The van der Waals surface area contributed by atoms with Crippen LogP contribution in [0.2, 0.25) is 0 Å². The average molecular weight is 256 g/mol. The number of likely N-dealkylation sites (tertiary alicyclic amines) is 1. The summed E-state index contributed by atoms with van der Waals surface area (Å²) in [7, 11) is 0. The van der Waals surface area contributed by atoms with Gasteiger partial charge in [-0.05, 0) is 69.8 Å². The van der Waals surface area contributed by atoms with E-state index in [1.807, 2.05) is 0 Å². The fourth-order valence-corrected chi connectivity index (χ4v) is 3.26. The van der Waals surface area contributed by atoms with Gasteiger partial charge in [-0.3, -0.25) is 0 Å². The van der Waals surface area contributed by atoms with Crippen LogP contribution in [0.5, 0.6) is 0 Å². The monoisotopic (exact) mass is 256 g/mol. The minimum atomic E-state index is 1.16.